The van der Waals surface area contributed by atoms with Crippen molar-refractivity contribution in [3.05, 3.63) is 65.9 Å². The molecule has 0 unspecified atom stereocenters. The summed E-state index contributed by atoms with van der Waals surface area (Å²) in [4.78, 5) is 12.3. The van der Waals surface area contributed by atoms with Gasteiger partial charge >= 0.3 is 0 Å². The summed E-state index contributed by atoms with van der Waals surface area (Å²) in [6, 6.07) is 16.9. The molecule has 0 aromatic heterocycles. The van der Waals surface area contributed by atoms with Crippen LogP contribution >= 0.6 is 0 Å². The smallest absolute Gasteiger partial charge is 0.267 e. The Morgan fingerprint density at radius 3 is 2.33 bits per heavy atom. The number of hydrogen-bond donors (Lipinski definition) is 2. The first-order valence-electron chi connectivity index (χ1n) is 9.16. The molecule has 0 aliphatic heterocycles. The molecule has 2 aromatic rings. The van der Waals surface area contributed by atoms with E-state index in [4.69, 9.17) is 4.74 Å². The average Bonchev–Trinajstić information content (AvgIpc) is 2.69. The predicted octanol–water partition coefficient (Wildman–Crippen LogP) is 4.89. The summed E-state index contributed by atoms with van der Waals surface area (Å²) in [6.07, 6.45) is 4.81. The van der Waals surface area contributed by atoms with Gasteiger partial charge in [-0.15, -0.1) is 0 Å². The summed E-state index contributed by atoms with van der Waals surface area (Å²) in [5.74, 6) is 0.268. The van der Waals surface area contributed by atoms with E-state index in [0.29, 0.717) is 12.3 Å². The van der Waals surface area contributed by atoms with Crippen LogP contribution in [0.2, 0.25) is 0 Å². The number of carbonyl (C=O) groups excluding carboxylic acids is 1. The molecule has 0 heterocycles. The maximum absolute atomic E-state index is 12.3. The van der Waals surface area contributed by atoms with Gasteiger partial charge in [-0.2, -0.15) is 5.26 Å². The number of amides is 1. The zero-order valence-corrected chi connectivity index (χ0v) is 15.8. The molecule has 2 rings (SSSR count). The standard InChI is InChI=1S/C22H25N3O2/c1-3-5-6-17-7-9-19(10-8-17)24-16-18(15-23)22(26)25-20-11-13-21(14-12-20)27-4-2/h7-14,16,24H,3-6H2,1-2H3,(H,25,26)/b18-16-. The Morgan fingerprint density at radius 1 is 1.07 bits per heavy atom. The van der Waals surface area contributed by atoms with Crippen molar-refractivity contribution in [1.29, 1.82) is 5.26 Å². The van der Waals surface area contributed by atoms with E-state index in [0.717, 1.165) is 30.7 Å². The summed E-state index contributed by atoms with van der Waals surface area (Å²) >= 11 is 0. The number of ether oxygens (including phenoxy) is 1. The lowest BCUT2D eigenvalue weighted by atomic mass is 10.1. The minimum absolute atomic E-state index is 0.000978. The molecule has 5 nitrogen and oxygen atoms in total. The largest absolute Gasteiger partial charge is 0.494 e. The molecule has 1 amide bonds. The first-order valence-corrected chi connectivity index (χ1v) is 9.16. The summed E-state index contributed by atoms with van der Waals surface area (Å²) in [5.41, 5.74) is 2.71. The Labute approximate surface area is 160 Å². The quantitative estimate of drug-likeness (QED) is 0.491. The van der Waals surface area contributed by atoms with Crippen LogP contribution < -0.4 is 15.4 Å². The summed E-state index contributed by atoms with van der Waals surface area (Å²) in [6.45, 7) is 4.66. The molecule has 0 spiro atoms. The fourth-order valence-electron chi connectivity index (χ4n) is 2.45. The minimum Gasteiger partial charge on any atom is -0.494 e. The molecule has 5 heteroatoms. The lowest BCUT2D eigenvalue weighted by Crippen LogP contribution is -2.14. The third-order valence-electron chi connectivity index (χ3n) is 3.94. The number of anilines is 2. The number of unbranched alkanes of at least 4 members (excludes halogenated alkanes) is 1. The predicted molar refractivity (Wildman–Crippen MR) is 109 cm³/mol. The van der Waals surface area contributed by atoms with Crippen molar-refractivity contribution in [3.63, 3.8) is 0 Å². The van der Waals surface area contributed by atoms with Gasteiger partial charge in [-0.3, -0.25) is 4.79 Å². The molecular weight excluding hydrogens is 338 g/mol. The van der Waals surface area contributed by atoms with E-state index in [1.165, 1.54) is 11.8 Å². The second kappa shape index (κ2) is 10.7. The van der Waals surface area contributed by atoms with Gasteiger partial charge in [-0.25, -0.2) is 0 Å². The Kier molecular flexibility index (Phi) is 7.92. The summed E-state index contributed by atoms with van der Waals surface area (Å²) in [5, 5.41) is 15.0. The van der Waals surface area contributed by atoms with Crippen molar-refractivity contribution in [2.75, 3.05) is 17.2 Å². The number of nitrogens with zero attached hydrogens (tertiary/aromatic N) is 1. The van der Waals surface area contributed by atoms with Crippen molar-refractivity contribution >= 4 is 17.3 Å². The van der Waals surface area contributed by atoms with Gasteiger partial charge in [0, 0.05) is 17.6 Å². The molecule has 0 radical (unpaired) electrons. The van der Waals surface area contributed by atoms with Crippen molar-refractivity contribution in [3.8, 4) is 11.8 Å². The molecule has 0 aliphatic rings. The molecule has 0 fully saturated rings. The van der Waals surface area contributed by atoms with Gasteiger partial charge in [0.1, 0.15) is 17.4 Å². The van der Waals surface area contributed by atoms with Crippen molar-refractivity contribution in [1.82, 2.24) is 0 Å². The molecule has 0 aliphatic carbocycles. The van der Waals surface area contributed by atoms with E-state index in [1.54, 1.807) is 24.3 Å². The van der Waals surface area contributed by atoms with Gasteiger partial charge < -0.3 is 15.4 Å². The third-order valence-corrected chi connectivity index (χ3v) is 3.94. The van der Waals surface area contributed by atoms with Gasteiger partial charge in [0.05, 0.1) is 6.61 Å². The zero-order valence-electron chi connectivity index (χ0n) is 15.8. The highest BCUT2D eigenvalue weighted by atomic mass is 16.5. The van der Waals surface area contributed by atoms with Crippen LogP contribution in [-0.4, -0.2) is 12.5 Å². The van der Waals surface area contributed by atoms with Gasteiger partial charge in [-0.1, -0.05) is 25.5 Å². The van der Waals surface area contributed by atoms with Gasteiger partial charge in [-0.05, 0) is 61.7 Å². The molecule has 2 aromatic carbocycles. The van der Waals surface area contributed by atoms with Crippen LogP contribution in [0.25, 0.3) is 0 Å². The maximum Gasteiger partial charge on any atom is 0.267 e. The number of rotatable bonds is 9. The molecule has 140 valence electrons. The molecule has 0 bridgehead atoms. The second-order valence-corrected chi connectivity index (χ2v) is 6.03. The fourth-order valence-corrected chi connectivity index (χ4v) is 2.45. The van der Waals surface area contributed by atoms with Crippen LogP contribution in [0.3, 0.4) is 0 Å². The Morgan fingerprint density at radius 2 is 1.74 bits per heavy atom. The van der Waals surface area contributed by atoms with Crippen molar-refractivity contribution in [2.45, 2.75) is 33.1 Å². The molecule has 27 heavy (non-hydrogen) atoms. The first kappa shape index (κ1) is 20.1. The van der Waals surface area contributed by atoms with E-state index in [-0.39, 0.29) is 5.57 Å². The minimum atomic E-state index is -0.464. The van der Waals surface area contributed by atoms with Crippen LogP contribution in [0.5, 0.6) is 5.75 Å². The SMILES string of the molecule is CCCCc1ccc(N/C=C(/C#N)C(=O)Nc2ccc(OCC)cc2)cc1. The number of carbonyl (C=O) groups is 1. The maximum atomic E-state index is 12.3. The van der Waals surface area contributed by atoms with Crippen molar-refractivity contribution in [2.24, 2.45) is 0 Å². The second-order valence-electron chi connectivity index (χ2n) is 6.03. The van der Waals surface area contributed by atoms with Gasteiger partial charge in [0.15, 0.2) is 0 Å². The number of aryl methyl sites for hydroxylation is 1. The van der Waals surface area contributed by atoms with E-state index >= 15 is 0 Å². The molecule has 0 saturated carbocycles. The molecule has 0 saturated heterocycles. The van der Waals surface area contributed by atoms with Gasteiger partial charge in [0.25, 0.3) is 5.91 Å². The van der Waals surface area contributed by atoms with Crippen LogP contribution in [0.15, 0.2) is 60.3 Å². The first-order chi connectivity index (χ1) is 13.2. The average molecular weight is 363 g/mol. The molecule has 2 N–H and O–H groups in total. The van der Waals surface area contributed by atoms with Crippen LogP contribution in [0.4, 0.5) is 11.4 Å². The third kappa shape index (κ3) is 6.52. The highest BCUT2D eigenvalue weighted by Crippen LogP contribution is 2.16. The number of benzene rings is 2. The van der Waals surface area contributed by atoms with Crippen LogP contribution in [0.1, 0.15) is 32.3 Å². The highest BCUT2D eigenvalue weighted by Gasteiger charge is 2.09. The van der Waals surface area contributed by atoms with E-state index in [2.05, 4.69) is 29.7 Å². The van der Waals surface area contributed by atoms with Crippen LogP contribution in [-0.2, 0) is 11.2 Å². The Bertz CT molecular complexity index is 803. The zero-order chi connectivity index (χ0) is 19.5. The lowest BCUT2D eigenvalue weighted by Gasteiger charge is -2.07. The Balaban J connectivity index is 1.96. The Hall–Kier alpha value is -3.26. The summed E-state index contributed by atoms with van der Waals surface area (Å²) < 4.78 is 5.37. The summed E-state index contributed by atoms with van der Waals surface area (Å²) in [7, 11) is 0. The van der Waals surface area contributed by atoms with E-state index in [9.17, 15) is 10.1 Å². The van der Waals surface area contributed by atoms with E-state index in [1.807, 2.05) is 25.1 Å². The topological polar surface area (TPSA) is 74.2 Å². The highest BCUT2D eigenvalue weighted by molar-refractivity contribution is 6.06. The number of nitriles is 1. The number of nitrogens with one attached hydrogen (secondary N) is 2. The normalized spacial score (nSPS) is 10.8. The van der Waals surface area contributed by atoms with Crippen molar-refractivity contribution < 1.29 is 9.53 Å². The number of hydrogen-bond acceptors (Lipinski definition) is 4. The fraction of sp³-hybridized carbons (Fsp3) is 0.273. The monoisotopic (exact) mass is 363 g/mol. The molecule has 0 atom stereocenters. The van der Waals surface area contributed by atoms with Crippen LogP contribution in [0, 0.1) is 11.3 Å². The lowest BCUT2D eigenvalue weighted by molar-refractivity contribution is -0.112. The van der Waals surface area contributed by atoms with E-state index < -0.39 is 5.91 Å². The molecular formula is C22H25N3O2. The van der Waals surface area contributed by atoms with Gasteiger partial charge in [0.2, 0.25) is 0 Å².